The molecule has 0 radical (unpaired) electrons. The number of phenols is 2. The highest BCUT2D eigenvalue weighted by Gasteiger charge is 2.25. The molecule has 3 rings (SSSR count). The molecule has 0 aliphatic carbocycles. The van der Waals surface area contributed by atoms with E-state index in [1.54, 1.807) is 21.9 Å². The molecular weight excluding hydrogens is 336 g/mol. The topological polar surface area (TPSA) is 90.3 Å². The Balaban J connectivity index is 1.52. The van der Waals surface area contributed by atoms with Gasteiger partial charge in [-0.05, 0) is 24.3 Å². The zero-order valence-corrected chi connectivity index (χ0v) is 14.2. The molecule has 2 N–H and O–H groups in total. The van der Waals surface area contributed by atoms with E-state index in [4.69, 9.17) is 4.74 Å². The van der Waals surface area contributed by atoms with Crippen molar-refractivity contribution in [2.75, 3.05) is 32.8 Å². The Morgan fingerprint density at radius 2 is 1.46 bits per heavy atom. The number of phenolic OH excluding ortho intramolecular Hbond substituents is 2. The maximum atomic E-state index is 12.5. The highest BCUT2D eigenvalue weighted by atomic mass is 16.5. The molecule has 2 aromatic carbocycles. The van der Waals surface area contributed by atoms with E-state index in [2.05, 4.69) is 0 Å². The largest absolute Gasteiger partial charge is 0.508 e. The third kappa shape index (κ3) is 4.24. The zero-order chi connectivity index (χ0) is 18.5. The molecule has 7 heteroatoms. The van der Waals surface area contributed by atoms with Gasteiger partial charge in [0.05, 0.1) is 0 Å². The van der Waals surface area contributed by atoms with Gasteiger partial charge in [-0.15, -0.1) is 0 Å². The predicted octanol–water partition coefficient (Wildman–Crippen LogP) is 1.46. The van der Waals surface area contributed by atoms with Crippen molar-refractivity contribution in [3.8, 4) is 17.2 Å². The molecule has 26 heavy (non-hydrogen) atoms. The molecule has 2 aromatic rings. The lowest BCUT2D eigenvalue weighted by Crippen LogP contribution is -2.51. The van der Waals surface area contributed by atoms with Crippen LogP contribution >= 0.6 is 0 Å². The fourth-order valence-corrected chi connectivity index (χ4v) is 2.81. The van der Waals surface area contributed by atoms with Gasteiger partial charge < -0.3 is 24.7 Å². The molecule has 2 amide bonds. The van der Waals surface area contributed by atoms with Crippen molar-refractivity contribution in [3.63, 3.8) is 0 Å². The SMILES string of the molecule is O=C(COc1ccccc1)N1CCN(C(=O)c2cc(O)cc(O)c2)CC1. The first-order valence-electron chi connectivity index (χ1n) is 8.31. The first-order valence-corrected chi connectivity index (χ1v) is 8.31. The normalized spacial score (nSPS) is 14.2. The number of amides is 2. The van der Waals surface area contributed by atoms with Crippen LogP contribution in [0.1, 0.15) is 10.4 Å². The number of carbonyl (C=O) groups excluding carboxylic acids is 2. The van der Waals surface area contributed by atoms with Gasteiger partial charge in [0.2, 0.25) is 0 Å². The van der Waals surface area contributed by atoms with Crippen LogP contribution in [0.3, 0.4) is 0 Å². The van der Waals surface area contributed by atoms with E-state index in [1.807, 2.05) is 18.2 Å². The summed E-state index contributed by atoms with van der Waals surface area (Å²) in [4.78, 5) is 28.0. The first-order chi connectivity index (χ1) is 12.5. The minimum Gasteiger partial charge on any atom is -0.508 e. The fraction of sp³-hybridized carbons (Fsp3) is 0.263. The molecule has 1 saturated heterocycles. The molecule has 0 saturated carbocycles. The molecule has 0 spiro atoms. The molecule has 0 aromatic heterocycles. The van der Waals surface area contributed by atoms with Gasteiger partial charge in [-0.2, -0.15) is 0 Å². The van der Waals surface area contributed by atoms with E-state index in [0.29, 0.717) is 31.9 Å². The van der Waals surface area contributed by atoms with Crippen molar-refractivity contribution in [3.05, 3.63) is 54.1 Å². The highest BCUT2D eigenvalue weighted by Crippen LogP contribution is 2.22. The summed E-state index contributed by atoms with van der Waals surface area (Å²) in [6.07, 6.45) is 0. The Morgan fingerprint density at radius 3 is 2.08 bits per heavy atom. The Morgan fingerprint density at radius 1 is 0.885 bits per heavy atom. The summed E-state index contributed by atoms with van der Waals surface area (Å²) in [7, 11) is 0. The van der Waals surface area contributed by atoms with Gasteiger partial charge in [0.15, 0.2) is 6.61 Å². The van der Waals surface area contributed by atoms with Crippen molar-refractivity contribution in [1.29, 1.82) is 0 Å². The van der Waals surface area contributed by atoms with Crippen LogP contribution in [0.25, 0.3) is 0 Å². The summed E-state index contributed by atoms with van der Waals surface area (Å²) < 4.78 is 5.46. The predicted molar refractivity (Wildman–Crippen MR) is 94.2 cm³/mol. The van der Waals surface area contributed by atoms with Crippen LogP contribution in [0.2, 0.25) is 0 Å². The van der Waals surface area contributed by atoms with Crippen LogP contribution < -0.4 is 4.74 Å². The van der Waals surface area contributed by atoms with E-state index in [1.165, 1.54) is 18.2 Å². The Hall–Kier alpha value is -3.22. The number of rotatable bonds is 4. The van der Waals surface area contributed by atoms with Gasteiger partial charge in [-0.25, -0.2) is 0 Å². The van der Waals surface area contributed by atoms with E-state index < -0.39 is 0 Å². The third-order valence-corrected chi connectivity index (χ3v) is 4.17. The van der Waals surface area contributed by atoms with Crippen LogP contribution in [0.5, 0.6) is 17.2 Å². The van der Waals surface area contributed by atoms with E-state index >= 15 is 0 Å². The lowest BCUT2D eigenvalue weighted by molar-refractivity contribution is -0.134. The first kappa shape index (κ1) is 17.6. The minimum absolute atomic E-state index is 0.0433. The second kappa shape index (κ2) is 7.77. The number of para-hydroxylation sites is 1. The van der Waals surface area contributed by atoms with Crippen LogP contribution in [0.4, 0.5) is 0 Å². The van der Waals surface area contributed by atoms with Gasteiger partial charge in [-0.3, -0.25) is 9.59 Å². The summed E-state index contributed by atoms with van der Waals surface area (Å²) in [5.74, 6) is -0.112. The monoisotopic (exact) mass is 356 g/mol. The quantitative estimate of drug-likeness (QED) is 0.866. The smallest absolute Gasteiger partial charge is 0.260 e. The molecule has 7 nitrogen and oxygen atoms in total. The third-order valence-electron chi connectivity index (χ3n) is 4.17. The Bertz CT molecular complexity index is 766. The van der Waals surface area contributed by atoms with Crippen molar-refractivity contribution in [2.24, 2.45) is 0 Å². The number of piperazine rings is 1. The molecule has 136 valence electrons. The number of hydrogen-bond donors (Lipinski definition) is 2. The van der Waals surface area contributed by atoms with E-state index in [0.717, 1.165) is 0 Å². The lowest BCUT2D eigenvalue weighted by Gasteiger charge is -2.34. The van der Waals surface area contributed by atoms with Gasteiger partial charge in [0.25, 0.3) is 11.8 Å². The molecule has 1 aliphatic heterocycles. The van der Waals surface area contributed by atoms with E-state index in [9.17, 15) is 19.8 Å². The molecular formula is C19H20N2O5. The van der Waals surface area contributed by atoms with Crippen LogP contribution in [-0.2, 0) is 4.79 Å². The van der Waals surface area contributed by atoms with Gasteiger partial charge in [-0.1, -0.05) is 18.2 Å². The van der Waals surface area contributed by atoms with E-state index in [-0.39, 0.29) is 35.5 Å². The number of benzene rings is 2. The maximum absolute atomic E-state index is 12.5. The van der Waals surface area contributed by atoms with Gasteiger partial charge in [0, 0.05) is 37.8 Å². The van der Waals surface area contributed by atoms with Crippen LogP contribution in [0, 0.1) is 0 Å². The number of nitrogens with zero attached hydrogens (tertiary/aromatic N) is 2. The Kier molecular flexibility index (Phi) is 5.26. The lowest BCUT2D eigenvalue weighted by atomic mass is 10.1. The van der Waals surface area contributed by atoms with Crippen LogP contribution in [0.15, 0.2) is 48.5 Å². The number of carbonyl (C=O) groups is 2. The van der Waals surface area contributed by atoms with Gasteiger partial charge >= 0.3 is 0 Å². The summed E-state index contributed by atoms with van der Waals surface area (Å²) >= 11 is 0. The molecule has 1 heterocycles. The average molecular weight is 356 g/mol. The molecule has 0 atom stereocenters. The summed E-state index contributed by atoms with van der Waals surface area (Å²) in [5, 5.41) is 19.0. The van der Waals surface area contributed by atoms with Crippen molar-refractivity contribution in [1.82, 2.24) is 9.80 Å². The maximum Gasteiger partial charge on any atom is 0.260 e. The van der Waals surface area contributed by atoms with Crippen molar-refractivity contribution < 1.29 is 24.5 Å². The number of hydrogen-bond acceptors (Lipinski definition) is 5. The number of ether oxygens (including phenoxy) is 1. The highest BCUT2D eigenvalue weighted by molar-refractivity contribution is 5.95. The summed E-state index contributed by atoms with van der Waals surface area (Å²) in [6.45, 7) is 1.54. The second-order valence-electron chi connectivity index (χ2n) is 6.01. The average Bonchev–Trinajstić information content (AvgIpc) is 2.65. The van der Waals surface area contributed by atoms with Crippen LogP contribution in [-0.4, -0.2) is 64.6 Å². The standard InChI is InChI=1S/C19H20N2O5/c22-15-10-14(11-16(23)12-15)19(25)21-8-6-20(7-9-21)18(24)13-26-17-4-2-1-3-5-17/h1-5,10-12,22-23H,6-9,13H2. The fourth-order valence-electron chi connectivity index (χ4n) is 2.81. The molecule has 1 aliphatic rings. The van der Waals surface area contributed by atoms with Gasteiger partial charge in [0.1, 0.15) is 17.2 Å². The summed E-state index contributed by atoms with van der Waals surface area (Å²) in [6, 6.07) is 12.9. The molecule has 1 fully saturated rings. The minimum atomic E-state index is -0.288. The molecule has 0 unspecified atom stereocenters. The molecule has 0 bridgehead atoms. The summed E-state index contributed by atoms with van der Waals surface area (Å²) in [5.41, 5.74) is 0.217. The van der Waals surface area contributed by atoms with Crippen molar-refractivity contribution in [2.45, 2.75) is 0 Å². The zero-order valence-electron chi connectivity index (χ0n) is 14.2. The Labute approximate surface area is 151 Å². The second-order valence-corrected chi connectivity index (χ2v) is 6.01. The van der Waals surface area contributed by atoms with Crippen molar-refractivity contribution >= 4 is 11.8 Å². The number of aromatic hydroxyl groups is 2.